The molecule has 1 aromatic heterocycles. The van der Waals surface area contributed by atoms with E-state index in [2.05, 4.69) is 15.3 Å². The van der Waals surface area contributed by atoms with Gasteiger partial charge in [-0.3, -0.25) is 14.9 Å². The van der Waals surface area contributed by atoms with Crippen molar-refractivity contribution in [2.45, 2.75) is 17.8 Å². The van der Waals surface area contributed by atoms with Gasteiger partial charge < -0.3 is 5.32 Å². The number of carbonyl (C=O) groups is 1. The Morgan fingerprint density at radius 2 is 1.93 bits per heavy atom. The third kappa shape index (κ3) is 4.65. The SMILES string of the molecule is Cc1ccccc1CSc1ncc(Cl)c(C(=O)Nc2ccccc2[N+](=O)[O-])n1. The quantitative estimate of drug-likeness (QED) is 0.267. The normalized spacial score (nSPS) is 10.5. The van der Waals surface area contributed by atoms with Crippen molar-refractivity contribution in [3.05, 3.63) is 86.7 Å². The molecule has 0 aliphatic rings. The highest BCUT2D eigenvalue weighted by Crippen LogP contribution is 2.26. The second-order valence-corrected chi connectivity index (χ2v) is 7.14. The molecule has 1 heterocycles. The Hall–Kier alpha value is -2.97. The zero-order valence-electron chi connectivity index (χ0n) is 14.8. The minimum atomic E-state index is -0.639. The summed E-state index contributed by atoms with van der Waals surface area (Å²) in [5.74, 6) is -0.000991. The minimum absolute atomic E-state index is 0.0397. The molecule has 0 aliphatic heterocycles. The lowest BCUT2D eigenvalue weighted by molar-refractivity contribution is -0.383. The number of benzene rings is 2. The van der Waals surface area contributed by atoms with Crippen molar-refractivity contribution >= 4 is 40.6 Å². The van der Waals surface area contributed by atoms with Crippen molar-refractivity contribution in [1.29, 1.82) is 0 Å². The third-order valence-electron chi connectivity index (χ3n) is 3.90. The van der Waals surface area contributed by atoms with Gasteiger partial charge in [-0.1, -0.05) is 59.8 Å². The molecule has 28 heavy (non-hydrogen) atoms. The summed E-state index contributed by atoms with van der Waals surface area (Å²) in [5, 5.41) is 14.1. The van der Waals surface area contributed by atoms with Gasteiger partial charge in [0.25, 0.3) is 11.6 Å². The van der Waals surface area contributed by atoms with E-state index in [0.717, 1.165) is 11.1 Å². The van der Waals surface area contributed by atoms with E-state index in [-0.39, 0.29) is 22.1 Å². The summed E-state index contributed by atoms with van der Waals surface area (Å²) in [6.45, 7) is 2.02. The molecular formula is C19H15ClN4O3S. The van der Waals surface area contributed by atoms with Gasteiger partial charge in [0.05, 0.1) is 16.1 Å². The number of hydrogen-bond donors (Lipinski definition) is 1. The first-order chi connectivity index (χ1) is 13.5. The van der Waals surface area contributed by atoms with Crippen LogP contribution in [0.4, 0.5) is 11.4 Å². The largest absolute Gasteiger partial charge is 0.315 e. The molecule has 2 aromatic carbocycles. The summed E-state index contributed by atoms with van der Waals surface area (Å²) in [7, 11) is 0. The molecule has 9 heteroatoms. The standard InChI is InChI=1S/C19H15ClN4O3S/c1-12-6-2-3-7-13(12)11-28-19-21-10-14(20)17(23-19)18(25)22-15-8-4-5-9-16(15)24(26)27/h2-10H,11H2,1H3,(H,22,25). The molecule has 0 saturated heterocycles. The number of anilines is 1. The van der Waals surface area contributed by atoms with Crippen LogP contribution in [0, 0.1) is 17.0 Å². The van der Waals surface area contributed by atoms with E-state index in [0.29, 0.717) is 10.9 Å². The van der Waals surface area contributed by atoms with Crippen molar-refractivity contribution < 1.29 is 9.72 Å². The molecule has 3 aromatic rings. The molecule has 7 nitrogen and oxygen atoms in total. The van der Waals surface area contributed by atoms with Gasteiger partial charge in [0.1, 0.15) is 5.69 Å². The molecule has 0 bridgehead atoms. The Bertz CT molecular complexity index is 1050. The predicted molar refractivity (Wildman–Crippen MR) is 109 cm³/mol. The highest BCUT2D eigenvalue weighted by Gasteiger charge is 2.19. The molecule has 0 aliphatic carbocycles. The monoisotopic (exact) mass is 414 g/mol. The zero-order chi connectivity index (χ0) is 20.1. The third-order valence-corrected chi connectivity index (χ3v) is 5.09. The van der Waals surface area contributed by atoms with E-state index in [1.807, 2.05) is 31.2 Å². The number of nitro benzene ring substituents is 1. The van der Waals surface area contributed by atoms with Gasteiger partial charge in [0.2, 0.25) is 0 Å². The van der Waals surface area contributed by atoms with E-state index >= 15 is 0 Å². The molecular weight excluding hydrogens is 400 g/mol. The van der Waals surface area contributed by atoms with Crippen molar-refractivity contribution in [3.8, 4) is 0 Å². The van der Waals surface area contributed by atoms with Crippen LogP contribution in [0.25, 0.3) is 0 Å². The Labute approximate surface area is 170 Å². The van der Waals surface area contributed by atoms with Crippen LogP contribution in [0.1, 0.15) is 21.6 Å². The maximum absolute atomic E-state index is 12.6. The first-order valence-corrected chi connectivity index (χ1v) is 9.56. The first kappa shape index (κ1) is 19.8. The van der Waals surface area contributed by atoms with Crippen LogP contribution in [0.15, 0.2) is 59.9 Å². The second-order valence-electron chi connectivity index (χ2n) is 5.79. The molecule has 0 radical (unpaired) electrons. The van der Waals surface area contributed by atoms with E-state index < -0.39 is 10.8 Å². The number of aromatic nitrogens is 2. The van der Waals surface area contributed by atoms with Crippen LogP contribution in [-0.4, -0.2) is 20.8 Å². The average Bonchev–Trinajstić information content (AvgIpc) is 2.68. The summed E-state index contributed by atoms with van der Waals surface area (Å²) >= 11 is 7.45. The number of thioether (sulfide) groups is 1. The fraction of sp³-hybridized carbons (Fsp3) is 0.105. The molecule has 142 valence electrons. The lowest BCUT2D eigenvalue weighted by Crippen LogP contribution is -2.16. The van der Waals surface area contributed by atoms with Gasteiger partial charge in [-0.25, -0.2) is 9.97 Å². The van der Waals surface area contributed by atoms with Gasteiger partial charge in [0, 0.05) is 11.8 Å². The lowest BCUT2D eigenvalue weighted by Gasteiger charge is -2.08. The second kappa shape index (κ2) is 8.81. The Balaban J connectivity index is 1.79. The molecule has 1 amide bonds. The summed E-state index contributed by atoms with van der Waals surface area (Å²) in [6.07, 6.45) is 1.35. The number of carbonyl (C=O) groups excluding carboxylic acids is 1. The number of aryl methyl sites for hydroxylation is 1. The van der Waals surface area contributed by atoms with E-state index in [4.69, 9.17) is 11.6 Å². The number of nitrogens with one attached hydrogen (secondary N) is 1. The number of nitrogens with zero attached hydrogens (tertiary/aromatic N) is 3. The van der Waals surface area contributed by atoms with Crippen LogP contribution in [0.2, 0.25) is 5.02 Å². The van der Waals surface area contributed by atoms with Crippen LogP contribution in [0.3, 0.4) is 0 Å². The Morgan fingerprint density at radius 3 is 2.68 bits per heavy atom. The number of nitro groups is 1. The van der Waals surface area contributed by atoms with Crippen molar-refractivity contribution in [1.82, 2.24) is 9.97 Å². The van der Waals surface area contributed by atoms with Gasteiger partial charge in [0.15, 0.2) is 10.9 Å². The molecule has 0 fully saturated rings. The molecule has 0 spiro atoms. The fourth-order valence-corrected chi connectivity index (χ4v) is 3.48. The highest BCUT2D eigenvalue weighted by atomic mass is 35.5. The maximum Gasteiger partial charge on any atom is 0.292 e. The fourth-order valence-electron chi connectivity index (χ4n) is 2.41. The Morgan fingerprint density at radius 1 is 1.21 bits per heavy atom. The van der Waals surface area contributed by atoms with Crippen molar-refractivity contribution in [2.24, 2.45) is 0 Å². The predicted octanol–water partition coefficient (Wildman–Crippen LogP) is 4.89. The molecule has 1 N–H and O–H groups in total. The molecule has 0 unspecified atom stereocenters. The van der Waals surface area contributed by atoms with Crippen LogP contribution < -0.4 is 5.32 Å². The summed E-state index contributed by atoms with van der Waals surface area (Å²) < 4.78 is 0. The highest BCUT2D eigenvalue weighted by molar-refractivity contribution is 7.98. The number of halogens is 1. The minimum Gasteiger partial charge on any atom is -0.315 e. The Kier molecular flexibility index (Phi) is 6.23. The smallest absolute Gasteiger partial charge is 0.292 e. The topological polar surface area (TPSA) is 98.0 Å². The van der Waals surface area contributed by atoms with Gasteiger partial charge in [-0.15, -0.1) is 0 Å². The first-order valence-electron chi connectivity index (χ1n) is 8.20. The maximum atomic E-state index is 12.6. The van der Waals surface area contributed by atoms with Gasteiger partial charge in [-0.2, -0.15) is 0 Å². The van der Waals surface area contributed by atoms with Gasteiger partial charge in [-0.05, 0) is 24.1 Å². The number of amides is 1. The van der Waals surface area contributed by atoms with E-state index in [9.17, 15) is 14.9 Å². The zero-order valence-corrected chi connectivity index (χ0v) is 16.3. The summed E-state index contributed by atoms with van der Waals surface area (Å²) in [5.41, 5.74) is 2.11. The number of hydrogen-bond acceptors (Lipinski definition) is 6. The molecule has 0 saturated carbocycles. The van der Waals surface area contributed by atoms with Gasteiger partial charge >= 0.3 is 0 Å². The van der Waals surface area contributed by atoms with Crippen LogP contribution in [0.5, 0.6) is 0 Å². The van der Waals surface area contributed by atoms with Crippen molar-refractivity contribution in [3.63, 3.8) is 0 Å². The van der Waals surface area contributed by atoms with Crippen molar-refractivity contribution in [2.75, 3.05) is 5.32 Å². The molecule has 0 atom stereocenters. The number of rotatable bonds is 6. The van der Waals surface area contributed by atoms with Crippen LogP contribution >= 0.6 is 23.4 Å². The lowest BCUT2D eigenvalue weighted by atomic mass is 10.1. The summed E-state index contributed by atoms with van der Waals surface area (Å²) in [4.78, 5) is 31.5. The molecule has 3 rings (SSSR count). The summed E-state index contributed by atoms with van der Waals surface area (Å²) in [6, 6.07) is 13.8. The van der Waals surface area contributed by atoms with E-state index in [1.165, 1.54) is 36.2 Å². The van der Waals surface area contributed by atoms with Crippen LogP contribution in [-0.2, 0) is 5.75 Å². The van der Waals surface area contributed by atoms with E-state index in [1.54, 1.807) is 6.07 Å². The number of para-hydroxylation sites is 2. The average molecular weight is 415 g/mol.